The fraction of sp³-hybridized carbons (Fsp3) is 0.333. The summed E-state index contributed by atoms with van der Waals surface area (Å²) in [5, 5.41) is 3.92. The highest BCUT2D eigenvalue weighted by atomic mass is 16.5. The van der Waals surface area contributed by atoms with E-state index in [4.69, 9.17) is 4.74 Å². The number of hydrogen-bond donors (Lipinski definition) is 1. The van der Waals surface area contributed by atoms with Crippen LogP contribution in [-0.2, 0) is 16.1 Å². The first-order valence-electron chi connectivity index (χ1n) is 5.29. The van der Waals surface area contributed by atoms with Crippen molar-refractivity contribution in [1.82, 2.24) is 5.43 Å². The van der Waals surface area contributed by atoms with E-state index in [0.29, 0.717) is 18.7 Å². The number of carbonyl (C=O) groups excluding carboxylic acids is 1. The quantitative estimate of drug-likeness (QED) is 0.781. The topological polar surface area (TPSA) is 50.7 Å². The van der Waals surface area contributed by atoms with Crippen molar-refractivity contribution >= 4 is 11.7 Å². The molecule has 4 nitrogen and oxygen atoms in total. The Morgan fingerprint density at radius 2 is 2.25 bits per heavy atom. The minimum atomic E-state index is -0.333. The Labute approximate surface area is 94.3 Å². The van der Waals surface area contributed by atoms with E-state index in [-0.39, 0.29) is 12.0 Å². The molecule has 0 amide bonds. The Kier molecular flexibility index (Phi) is 3.19. The minimum Gasteiger partial charge on any atom is -0.456 e. The molecule has 1 aromatic rings. The van der Waals surface area contributed by atoms with Gasteiger partial charge >= 0.3 is 5.97 Å². The number of ether oxygens (including phenoxy) is 1. The number of rotatable bonds is 3. The highest BCUT2D eigenvalue weighted by Crippen LogP contribution is 2.06. The van der Waals surface area contributed by atoms with Gasteiger partial charge in [-0.3, -0.25) is 0 Å². The van der Waals surface area contributed by atoms with Crippen LogP contribution in [0.3, 0.4) is 0 Å². The monoisotopic (exact) mass is 218 g/mol. The molecule has 0 fully saturated rings. The van der Waals surface area contributed by atoms with Crippen LogP contribution in [0.15, 0.2) is 35.4 Å². The number of hydrogen-bond acceptors (Lipinski definition) is 4. The van der Waals surface area contributed by atoms with Crippen LogP contribution < -0.4 is 5.43 Å². The molecule has 1 aromatic carbocycles. The van der Waals surface area contributed by atoms with Gasteiger partial charge in [-0.25, -0.2) is 4.79 Å². The molecule has 1 aliphatic heterocycles. The van der Waals surface area contributed by atoms with E-state index in [2.05, 4.69) is 10.5 Å². The van der Waals surface area contributed by atoms with Crippen LogP contribution in [0.4, 0.5) is 0 Å². The molecule has 2 rings (SSSR count). The van der Waals surface area contributed by atoms with E-state index in [0.717, 1.165) is 5.56 Å². The van der Waals surface area contributed by atoms with Crippen molar-refractivity contribution in [2.24, 2.45) is 5.10 Å². The number of nitrogens with zero attached hydrogens (tertiary/aromatic N) is 1. The summed E-state index contributed by atoms with van der Waals surface area (Å²) in [6.45, 7) is 2.27. The Morgan fingerprint density at radius 3 is 2.88 bits per heavy atom. The summed E-state index contributed by atoms with van der Waals surface area (Å²) in [4.78, 5) is 11.6. The molecule has 0 saturated carbocycles. The SMILES string of the molecule is CC1CC(C(=O)OCc2ccccc2)=NN1. The van der Waals surface area contributed by atoms with Crippen LogP contribution >= 0.6 is 0 Å². The van der Waals surface area contributed by atoms with Gasteiger partial charge in [-0.05, 0) is 12.5 Å². The molecule has 0 aromatic heterocycles. The Balaban J connectivity index is 1.85. The standard InChI is InChI=1S/C12H14N2O2/c1-9-7-11(14-13-9)12(15)16-8-10-5-3-2-4-6-10/h2-6,9,13H,7-8H2,1H3. The summed E-state index contributed by atoms with van der Waals surface area (Å²) in [5.41, 5.74) is 4.29. The Bertz CT molecular complexity index is 401. The third-order valence-corrected chi connectivity index (χ3v) is 2.37. The molecule has 16 heavy (non-hydrogen) atoms. The first-order chi connectivity index (χ1) is 7.75. The molecule has 4 heteroatoms. The van der Waals surface area contributed by atoms with Crippen molar-refractivity contribution in [3.63, 3.8) is 0 Å². The number of hydrazone groups is 1. The maximum Gasteiger partial charge on any atom is 0.354 e. The van der Waals surface area contributed by atoms with Gasteiger partial charge in [0.2, 0.25) is 0 Å². The normalized spacial score (nSPS) is 18.8. The van der Waals surface area contributed by atoms with Crippen LogP contribution in [-0.4, -0.2) is 17.7 Å². The van der Waals surface area contributed by atoms with Crippen LogP contribution in [0.25, 0.3) is 0 Å². The van der Waals surface area contributed by atoms with Crippen molar-refractivity contribution in [2.45, 2.75) is 26.0 Å². The zero-order valence-electron chi connectivity index (χ0n) is 9.14. The summed E-state index contributed by atoms with van der Waals surface area (Å²) in [7, 11) is 0. The lowest BCUT2D eigenvalue weighted by Crippen LogP contribution is -2.18. The highest BCUT2D eigenvalue weighted by molar-refractivity contribution is 6.36. The van der Waals surface area contributed by atoms with Gasteiger partial charge in [0.15, 0.2) is 0 Å². The zero-order chi connectivity index (χ0) is 11.4. The molecule has 1 unspecified atom stereocenters. The third kappa shape index (κ3) is 2.59. The Hall–Kier alpha value is -1.84. The number of nitrogens with one attached hydrogen (secondary N) is 1. The van der Waals surface area contributed by atoms with E-state index in [1.165, 1.54) is 0 Å². The molecule has 1 N–H and O–H groups in total. The molecule has 1 atom stereocenters. The maximum absolute atomic E-state index is 11.6. The molecule has 0 bridgehead atoms. The average molecular weight is 218 g/mol. The van der Waals surface area contributed by atoms with Crippen molar-refractivity contribution in [3.8, 4) is 0 Å². The second-order valence-corrected chi connectivity index (χ2v) is 3.85. The van der Waals surface area contributed by atoms with Crippen LogP contribution in [0.2, 0.25) is 0 Å². The average Bonchev–Trinajstić information content (AvgIpc) is 2.74. The third-order valence-electron chi connectivity index (χ3n) is 2.37. The maximum atomic E-state index is 11.6. The second-order valence-electron chi connectivity index (χ2n) is 3.85. The molecule has 1 aliphatic rings. The van der Waals surface area contributed by atoms with Gasteiger partial charge in [0.05, 0.1) is 0 Å². The predicted octanol–water partition coefficient (Wildman–Crippen LogP) is 1.47. The van der Waals surface area contributed by atoms with Crippen LogP contribution in [0.5, 0.6) is 0 Å². The number of carbonyl (C=O) groups is 1. The van der Waals surface area contributed by atoms with Gasteiger partial charge in [0.25, 0.3) is 0 Å². The summed E-state index contributed by atoms with van der Waals surface area (Å²) < 4.78 is 5.15. The first kappa shape index (κ1) is 10.7. The van der Waals surface area contributed by atoms with Gasteiger partial charge in [0.1, 0.15) is 12.3 Å². The number of benzene rings is 1. The van der Waals surface area contributed by atoms with E-state index >= 15 is 0 Å². The van der Waals surface area contributed by atoms with Crippen molar-refractivity contribution < 1.29 is 9.53 Å². The van der Waals surface area contributed by atoms with Gasteiger partial charge < -0.3 is 10.2 Å². The van der Waals surface area contributed by atoms with Gasteiger partial charge in [-0.1, -0.05) is 30.3 Å². The summed E-state index contributed by atoms with van der Waals surface area (Å²) in [5.74, 6) is -0.333. The fourth-order valence-corrected chi connectivity index (χ4v) is 1.50. The van der Waals surface area contributed by atoms with Crippen molar-refractivity contribution in [2.75, 3.05) is 0 Å². The predicted molar refractivity (Wildman–Crippen MR) is 60.9 cm³/mol. The van der Waals surface area contributed by atoms with E-state index in [1.807, 2.05) is 37.3 Å². The molecule has 84 valence electrons. The molecule has 0 spiro atoms. The Morgan fingerprint density at radius 1 is 1.50 bits per heavy atom. The van der Waals surface area contributed by atoms with Crippen molar-refractivity contribution in [1.29, 1.82) is 0 Å². The van der Waals surface area contributed by atoms with Crippen LogP contribution in [0.1, 0.15) is 18.9 Å². The second kappa shape index (κ2) is 4.79. The lowest BCUT2D eigenvalue weighted by molar-refractivity contribution is -0.136. The fourth-order valence-electron chi connectivity index (χ4n) is 1.50. The first-order valence-corrected chi connectivity index (χ1v) is 5.29. The molecule has 0 saturated heterocycles. The van der Waals surface area contributed by atoms with E-state index in [1.54, 1.807) is 0 Å². The highest BCUT2D eigenvalue weighted by Gasteiger charge is 2.21. The molecular weight excluding hydrogens is 204 g/mol. The van der Waals surface area contributed by atoms with Gasteiger partial charge in [0, 0.05) is 12.5 Å². The lowest BCUT2D eigenvalue weighted by atomic mass is 10.2. The molecular formula is C12H14N2O2. The van der Waals surface area contributed by atoms with Gasteiger partial charge in [-0.2, -0.15) is 5.10 Å². The van der Waals surface area contributed by atoms with E-state index in [9.17, 15) is 4.79 Å². The van der Waals surface area contributed by atoms with Crippen molar-refractivity contribution in [3.05, 3.63) is 35.9 Å². The number of esters is 1. The smallest absolute Gasteiger partial charge is 0.354 e. The summed E-state index contributed by atoms with van der Waals surface area (Å²) in [6, 6.07) is 9.83. The van der Waals surface area contributed by atoms with E-state index < -0.39 is 0 Å². The summed E-state index contributed by atoms with van der Waals surface area (Å²) in [6.07, 6.45) is 0.633. The molecule has 0 aliphatic carbocycles. The minimum absolute atomic E-state index is 0.222. The largest absolute Gasteiger partial charge is 0.456 e. The molecule has 0 radical (unpaired) electrons. The van der Waals surface area contributed by atoms with Gasteiger partial charge in [-0.15, -0.1) is 0 Å². The molecule has 1 heterocycles. The lowest BCUT2D eigenvalue weighted by Gasteiger charge is -2.03. The van der Waals surface area contributed by atoms with Crippen LogP contribution in [0, 0.1) is 0 Å². The zero-order valence-corrected chi connectivity index (χ0v) is 9.14. The summed E-state index contributed by atoms with van der Waals surface area (Å²) >= 11 is 0.